The van der Waals surface area contributed by atoms with E-state index in [0.29, 0.717) is 5.56 Å². The number of fused-ring (bicyclic) bond motifs is 1. The van der Waals surface area contributed by atoms with Crippen LogP contribution in [0.4, 0.5) is 11.4 Å². The number of anilines is 2. The fourth-order valence-electron chi connectivity index (χ4n) is 2.99. The summed E-state index contributed by atoms with van der Waals surface area (Å²) < 4.78 is 0. The van der Waals surface area contributed by atoms with Gasteiger partial charge in [-0.3, -0.25) is 0 Å². The molecule has 0 fully saturated rings. The SMILES string of the molecule is CCN1C(=C/C=N/N=C(\O)c2ccccc2)N(CC)c2ccccc21.[Co]. The second-order valence-electron chi connectivity index (χ2n) is 5.56. The summed E-state index contributed by atoms with van der Waals surface area (Å²) in [6, 6.07) is 17.5. The van der Waals surface area contributed by atoms with E-state index < -0.39 is 0 Å². The van der Waals surface area contributed by atoms with Crippen molar-refractivity contribution in [3.63, 3.8) is 0 Å². The van der Waals surface area contributed by atoms with E-state index in [9.17, 15) is 5.11 Å². The van der Waals surface area contributed by atoms with Crippen molar-refractivity contribution in [3.8, 4) is 0 Å². The summed E-state index contributed by atoms with van der Waals surface area (Å²) in [7, 11) is 0. The number of nitrogens with zero attached hydrogens (tertiary/aromatic N) is 4. The first-order valence-electron chi connectivity index (χ1n) is 8.46. The van der Waals surface area contributed by atoms with Crippen LogP contribution in [-0.2, 0) is 16.8 Å². The van der Waals surface area contributed by atoms with E-state index in [1.807, 2.05) is 24.3 Å². The predicted molar refractivity (Wildman–Crippen MR) is 105 cm³/mol. The van der Waals surface area contributed by atoms with Crippen molar-refractivity contribution in [2.45, 2.75) is 13.8 Å². The molecule has 0 saturated heterocycles. The van der Waals surface area contributed by atoms with E-state index in [2.05, 4.69) is 58.1 Å². The minimum absolute atomic E-state index is 0. The van der Waals surface area contributed by atoms with Gasteiger partial charge in [-0.25, -0.2) is 0 Å². The molecule has 1 N–H and O–H groups in total. The molecule has 6 heteroatoms. The monoisotopic (exact) mass is 393 g/mol. The standard InChI is InChI=1S/C20H22N4O.Co/c1-3-23-17-12-8-9-13-18(17)24(4-2)19(23)14-15-21-22-20(25)16-10-6-5-7-11-16;/h5-15H,3-4H2,1-2H3,(H,22,25);/b21-15+;. The second kappa shape index (κ2) is 9.21. The molecule has 1 heterocycles. The van der Waals surface area contributed by atoms with Gasteiger partial charge >= 0.3 is 0 Å². The number of rotatable bonds is 5. The van der Waals surface area contributed by atoms with Crippen molar-refractivity contribution in [3.05, 3.63) is 72.1 Å². The molecule has 26 heavy (non-hydrogen) atoms. The normalized spacial score (nSPS) is 13.8. The van der Waals surface area contributed by atoms with Crippen molar-refractivity contribution in [2.75, 3.05) is 22.9 Å². The molecule has 0 aliphatic carbocycles. The Kier molecular flexibility index (Phi) is 7.00. The Bertz CT molecular complexity index is 785. The molecule has 1 aliphatic rings. The summed E-state index contributed by atoms with van der Waals surface area (Å²) in [5.41, 5.74) is 3.04. The molecule has 0 spiro atoms. The summed E-state index contributed by atoms with van der Waals surface area (Å²) in [6.45, 7) is 5.98. The van der Waals surface area contributed by atoms with Gasteiger partial charge in [0.15, 0.2) is 0 Å². The molecule has 5 nitrogen and oxygen atoms in total. The van der Waals surface area contributed by atoms with Crippen LogP contribution in [0, 0.1) is 0 Å². The zero-order valence-corrected chi connectivity index (χ0v) is 15.9. The average Bonchev–Trinajstić information content (AvgIpc) is 2.98. The van der Waals surface area contributed by atoms with Crippen LogP contribution in [0.25, 0.3) is 0 Å². The third-order valence-corrected chi connectivity index (χ3v) is 4.12. The number of aliphatic hydroxyl groups is 1. The first-order chi connectivity index (χ1) is 12.3. The third kappa shape index (κ3) is 3.97. The van der Waals surface area contributed by atoms with Crippen molar-refractivity contribution < 1.29 is 21.9 Å². The Morgan fingerprint density at radius 1 is 0.923 bits per heavy atom. The van der Waals surface area contributed by atoms with Gasteiger partial charge in [0.2, 0.25) is 5.90 Å². The van der Waals surface area contributed by atoms with E-state index in [0.717, 1.165) is 18.9 Å². The van der Waals surface area contributed by atoms with Crippen LogP contribution in [0.15, 0.2) is 76.7 Å². The van der Waals surface area contributed by atoms with Crippen LogP contribution in [0.5, 0.6) is 0 Å². The Morgan fingerprint density at radius 3 is 2.00 bits per heavy atom. The second-order valence-corrected chi connectivity index (χ2v) is 5.56. The van der Waals surface area contributed by atoms with Crippen molar-refractivity contribution in [1.29, 1.82) is 0 Å². The zero-order chi connectivity index (χ0) is 17.6. The molecule has 1 aliphatic heterocycles. The minimum Gasteiger partial charge on any atom is -0.492 e. The molecule has 0 bridgehead atoms. The molecule has 137 valence electrons. The van der Waals surface area contributed by atoms with Crippen molar-refractivity contribution in [2.24, 2.45) is 10.2 Å². The molecule has 0 aromatic heterocycles. The average molecular weight is 393 g/mol. The first-order valence-corrected chi connectivity index (χ1v) is 8.46. The molecule has 2 aromatic rings. The Morgan fingerprint density at radius 2 is 1.46 bits per heavy atom. The van der Waals surface area contributed by atoms with Gasteiger partial charge in [0.1, 0.15) is 5.82 Å². The number of benzene rings is 2. The van der Waals surface area contributed by atoms with Gasteiger partial charge in [-0.1, -0.05) is 30.3 Å². The summed E-state index contributed by atoms with van der Waals surface area (Å²) >= 11 is 0. The molecule has 0 saturated carbocycles. The number of allylic oxidation sites excluding steroid dienone is 1. The van der Waals surface area contributed by atoms with Crippen molar-refractivity contribution >= 4 is 23.5 Å². The van der Waals surface area contributed by atoms with Gasteiger partial charge in [-0.05, 0) is 44.2 Å². The largest absolute Gasteiger partial charge is 0.492 e. The zero-order valence-electron chi connectivity index (χ0n) is 14.8. The molecule has 0 unspecified atom stereocenters. The van der Waals surface area contributed by atoms with E-state index in [4.69, 9.17) is 0 Å². The predicted octanol–water partition coefficient (Wildman–Crippen LogP) is 4.18. The molecule has 1 radical (unpaired) electrons. The quantitative estimate of drug-likeness (QED) is 0.471. The maximum Gasteiger partial charge on any atom is 0.238 e. The van der Waals surface area contributed by atoms with Gasteiger partial charge in [-0.15, -0.1) is 5.10 Å². The van der Waals surface area contributed by atoms with Crippen LogP contribution >= 0.6 is 0 Å². The third-order valence-electron chi connectivity index (χ3n) is 4.12. The number of hydrogen-bond donors (Lipinski definition) is 1. The summed E-state index contributed by atoms with van der Waals surface area (Å²) in [6.07, 6.45) is 3.54. The summed E-state index contributed by atoms with van der Waals surface area (Å²) in [5, 5.41) is 17.8. The van der Waals surface area contributed by atoms with Gasteiger partial charge in [0.25, 0.3) is 0 Å². The molecular weight excluding hydrogens is 371 g/mol. The Balaban J connectivity index is 0.00000243. The minimum atomic E-state index is -0.0929. The van der Waals surface area contributed by atoms with Gasteiger partial charge < -0.3 is 14.9 Å². The Hall–Kier alpha value is -2.57. The molecular formula is C20H22CoN4O. The van der Waals surface area contributed by atoms with E-state index in [1.54, 1.807) is 18.3 Å². The summed E-state index contributed by atoms with van der Waals surface area (Å²) in [5.74, 6) is 0.967. The van der Waals surface area contributed by atoms with Gasteiger partial charge in [-0.2, -0.15) is 5.10 Å². The topological polar surface area (TPSA) is 51.4 Å². The molecule has 3 rings (SSSR count). The molecule has 0 amide bonds. The van der Waals surface area contributed by atoms with E-state index in [1.165, 1.54) is 11.4 Å². The maximum atomic E-state index is 9.95. The number of hydrogen-bond acceptors (Lipinski definition) is 4. The number of aliphatic hydroxyl groups excluding tert-OH is 1. The fraction of sp³-hybridized carbons (Fsp3) is 0.200. The smallest absolute Gasteiger partial charge is 0.238 e. The first kappa shape index (κ1) is 19.7. The summed E-state index contributed by atoms with van der Waals surface area (Å²) in [4.78, 5) is 4.48. The van der Waals surface area contributed by atoms with E-state index in [-0.39, 0.29) is 22.7 Å². The van der Waals surface area contributed by atoms with Crippen molar-refractivity contribution in [1.82, 2.24) is 0 Å². The van der Waals surface area contributed by atoms with Gasteiger partial charge in [0, 0.05) is 35.4 Å². The molecule has 2 aromatic carbocycles. The fourth-order valence-corrected chi connectivity index (χ4v) is 2.99. The van der Waals surface area contributed by atoms with E-state index >= 15 is 0 Å². The van der Waals surface area contributed by atoms with Crippen LogP contribution in [-0.4, -0.2) is 30.3 Å². The molecule has 0 atom stereocenters. The van der Waals surface area contributed by atoms with Crippen LogP contribution < -0.4 is 9.80 Å². The van der Waals surface area contributed by atoms with Crippen LogP contribution in [0.1, 0.15) is 19.4 Å². The van der Waals surface area contributed by atoms with Crippen LogP contribution in [0.2, 0.25) is 0 Å². The Labute approximate surface area is 164 Å². The van der Waals surface area contributed by atoms with Gasteiger partial charge in [0.05, 0.1) is 17.6 Å². The number of para-hydroxylation sites is 2. The maximum absolute atomic E-state index is 9.95. The van der Waals surface area contributed by atoms with Crippen LogP contribution in [0.3, 0.4) is 0 Å².